The van der Waals surface area contributed by atoms with E-state index in [-0.39, 0.29) is 17.7 Å². The molecule has 1 aliphatic heterocycles. The average molecular weight is 435 g/mol. The number of hydrogen-bond donors (Lipinski definition) is 1. The van der Waals surface area contributed by atoms with Crippen LogP contribution in [0.5, 0.6) is 0 Å². The second-order valence-corrected chi connectivity index (χ2v) is 8.13. The van der Waals surface area contributed by atoms with Crippen molar-refractivity contribution >= 4 is 29.1 Å². The Kier molecular flexibility index (Phi) is 6.47. The molecule has 0 fully saturated rings. The number of fused-ring (bicyclic) bond motifs is 1. The van der Waals surface area contributed by atoms with Crippen molar-refractivity contribution in [2.24, 2.45) is 0 Å². The summed E-state index contributed by atoms with van der Waals surface area (Å²) in [6.45, 7) is 0.778. The minimum absolute atomic E-state index is 0.0285. The van der Waals surface area contributed by atoms with Gasteiger partial charge in [-0.3, -0.25) is 24.3 Å². The van der Waals surface area contributed by atoms with Gasteiger partial charge in [-0.1, -0.05) is 18.6 Å². The van der Waals surface area contributed by atoms with Crippen molar-refractivity contribution in [3.8, 4) is 10.6 Å². The van der Waals surface area contributed by atoms with Gasteiger partial charge < -0.3 is 5.32 Å². The summed E-state index contributed by atoms with van der Waals surface area (Å²) in [6.07, 6.45) is 6.01. The molecule has 4 rings (SSSR count). The molecule has 0 saturated heterocycles. The summed E-state index contributed by atoms with van der Waals surface area (Å²) >= 11 is 1.54. The molecule has 0 saturated carbocycles. The Morgan fingerprint density at radius 2 is 1.68 bits per heavy atom. The molecule has 0 radical (unpaired) electrons. The maximum atomic E-state index is 12.3. The van der Waals surface area contributed by atoms with Crippen LogP contribution in [0.25, 0.3) is 10.6 Å². The van der Waals surface area contributed by atoms with Gasteiger partial charge in [0.15, 0.2) is 0 Å². The van der Waals surface area contributed by atoms with Crippen LogP contribution < -0.4 is 5.32 Å². The normalized spacial score (nSPS) is 12.8. The summed E-state index contributed by atoms with van der Waals surface area (Å²) in [6, 6.07) is 10.7. The molecular formula is C23H22N4O3S. The summed E-state index contributed by atoms with van der Waals surface area (Å²) in [4.78, 5) is 46.6. The van der Waals surface area contributed by atoms with E-state index in [0.717, 1.165) is 22.7 Å². The molecule has 1 aliphatic rings. The number of hydrogen-bond acceptors (Lipinski definition) is 6. The van der Waals surface area contributed by atoms with Gasteiger partial charge in [0.1, 0.15) is 5.01 Å². The molecular weight excluding hydrogens is 412 g/mol. The van der Waals surface area contributed by atoms with E-state index in [2.05, 4.69) is 15.3 Å². The van der Waals surface area contributed by atoms with Crippen molar-refractivity contribution in [3.63, 3.8) is 0 Å². The lowest BCUT2D eigenvalue weighted by atomic mass is 10.1. The maximum absolute atomic E-state index is 12.3. The molecule has 0 unspecified atom stereocenters. The second kappa shape index (κ2) is 9.61. The van der Waals surface area contributed by atoms with E-state index in [1.54, 1.807) is 36.7 Å². The third-order valence-corrected chi connectivity index (χ3v) is 6.05. The van der Waals surface area contributed by atoms with E-state index < -0.39 is 0 Å². The fraction of sp³-hybridized carbons (Fsp3) is 0.261. The summed E-state index contributed by atoms with van der Waals surface area (Å²) in [5, 5.41) is 5.74. The highest BCUT2D eigenvalue weighted by atomic mass is 32.1. The van der Waals surface area contributed by atoms with Crippen molar-refractivity contribution in [1.82, 2.24) is 20.2 Å². The number of nitrogens with one attached hydrogen (secondary N) is 1. The van der Waals surface area contributed by atoms with Gasteiger partial charge in [0, 0.05) is 36.3 Å². The van der Waals surface area contributed by atoms with Gasteiger partial charge in [0.05, 0.1) is 23.4 Å². The molecule has 2 aromatic heterocycles. The molecule has 3 aromatic rings. The summed E-state index contributed by atoms with van der Waals surface area (Å²) in [7, 11) is 0. The van der Waals surface area contributed by atoms with Gasteiger partial charge >= 0.3 is 0 Å². The van der Waals surface area contributed by atoms with Gasteiger partial charge in [0.2, 0.25) is 5.91 Å². The molecule has 31 heavy (non-hydrogen) atoms. The number of thiazole rings is 1. The Balaban J connectivity index is 1.15. The topological polar surface area (TPSA) is 92.3 Å². The Labute approximate surface area is 184 Å². The van der Waals surface area contributed by atoms with Gasteiger partial charge in [-0.05, 0) is 37.1 Å². The predicted octanol–water partition coefficient (Wildman–Crippen LogP) is 3.68. The lowest BCUT2D eigenvalue weighted by molar-refractivity contribution is -0.121. The first-order valence-corrected chi connectivity index (χ1v) is 11.1. The second-order valence-electron chi connectivity index (χ2n) is 7.27. The number of carbonyl (C=O) groups excluding carboxylic acids is 3. The van der Waals surface area contributed by atoms with E-state index in [4.69, 9.17) is 0 Å². The van der Waals surface area contributed by atoms with Crippen LogP contribution in [0, 0.1) is 0 Å². The molecule has 7 nitrogen and oxygen atoms in total. The molecule has 0 bridgehead atoms. The number of carbonyl (C=O) groups is 3. The van der Waals surface area contributed by atoms with Crippen molar-refractivity contribution in [1.29, 1.82) is 0 Å². The third-order valence-electron chi connectivity index (χ3n) is 5.11. The summed E-state index contributed by atoms with van der Waals surface area (Å²) in [5.74, 6) is -0.486. The van der Waals surface area contributed by atoms with Crippen LogP contribution in [-0.2, 0) is 11.3 Å². The van der Waals surface area contributed by atoms with E-state index in [1.165, 1.54) is 16.2 Å². The number of benzene rings is 1. The average Bonchev–Trinajstić information content (AvgIpc) is 3.37. The zero-order valence-electron chi connectivity index (χ0n) is 16.9. The predicted molar refractivity (Wildman–Crippen MR) is 117 cm³/mol. The molecule has 3 amide bonds. The highest BCUT2D eigenvalue weighted by molar-refractivity contribution is 7.13. The largest absolute Gasteiger partial charge is 0.350 e. The standard InChI is InChI=1S/C23H22N4O3S/c28-20(25-14-17-15-31-21(26-17)16-9-11-24-12-10-16)8-2-1-5-13-27-22(29)18-6-3-4-7-19(18)23(27)30/h3-4,6-7,9-12,15H,1-2,5,8,13-14H2,(H,25,28). The lowest BCUT2D eigenvalue weighted by Gasteiger charge is -2.13. The fourth-order valence-corrected chi connectivity index (χ4v) is 4.29. The first kappa shape index (κ1) is 20.9. The van der Waals surface area contributed by atoms with Gasteiger partial charge in [-0.25, -0.2) is 4.98 Å². The quantitative estimate of drug-likeness (QED) is 0.410. The molecule has 8 heteroatoms. The lowest BCUT2D eigenvalue weighted by Crippen LogP contribution is -2.30. The summed E-state index contributed by atoms with van der Waals surface area (Å²) in [5.41, 5.74) is 2.79. The Morgan fingerprint density at radius 3 is 2.39 bits per heavy atom. The Bertz CT molecular complexity index is 1060. The monoisotopic (exact) mass is 434 g/mol. The van der Waals surface area contributed by atoms with Crippen LogP contribution in [0.3, 0.4) is 0 Å². The molecule has 0 atom stereocenters. The highest BCUT2D eigenvalue weighted by Crippen LogP contribution is 2.23. The third kappa shape index (κ3) is 4.86. The van der Waals surface area contributed by atoms with Crippen LogP contribution in [0.1, 0.15) is 52.1 Å². The zero-order chi connectivity index (χ0) is 21.6. The molecule has 1 aromatic carbocycles. The number of aromatic nitrogens is 2. The first-order valence-electron chi connectivity index (χ1n) is 10.2. The SMILES string of the molecule is O=C(CCCCCN1C(=O)c2ccccc2C1=O)NCc1csc(-c2ccncc2)n1. The minimum atomic E-state index is -0.229. The summed E-state index contributed by atoms with van der Waals surface area (Å²) < 4.78 is 0. The molecule has 1 N–H and O–H groups in total. The van der Waals surface area contributed by atoms with Crippen molar-refractivity contribution in [2.45, 2.75) is 32.2 Å². The number of unbranched alkanes of at least 4 members (excludes halogenated alkanes) is 2. The smallest absolute Gasteiger partial charge is 0.261 e. The zero-order valence-corrected chi connectivity index (χ0v) is 17.7. The van der Waals surface area contributed by atoms with Crippen molar-refractivity contribution in [3.05, 3.63) is 71.0 Å². The molecule has 158 valence electrons. The fourth-order valence-electron chi connectivity index (χ4n) is 3.47. The first-order chi connectivity index (χ1) is 15.1. The van der Waals surface area contributed by atoms with Crippen LogP contribution in [0.2, 0.25) is 0 Å². The van der Waals surface area contributed by atoms with Gasteiger partial charge in [-0.15, -0.1) is 11.3 Å². The van der Waals surface area contributed by atoms with Crippen LogP contribution in [-0.4, -0.2) is 39.1 Å². The number of rotatable bonds is 9. The highest BCUT2D eigenvalue weighted by Gasteiger charge is 2.34. The van der Waals surface area contributed by atoms with Crippen molar-refractivity contribution in [2.75, 3.05) is 6.54 Å². The molecule has 0 aliphatic carbocycles. The van der Waals surface area contributed by atoms with Crippen LogP contribution in [0.4, 0.5) is 0 Å². The maximum Gasteiger partial charge on any atom is 0.261 e. The minimum Gasteiger partial charge on any atom is -0.350 e. The number of amides is 3. The van der Waals surface area contributed by atoms with E-state index >= 15 is 0 Å². The van der Waals surface area contributed by atoms with Gasteiger partial charge in [0.25, 0.3) is 11.8 Å². The van der Waals surface area contributed by atoms with Crippen LogP contribution >= 0.6 is 11.3 Å². The molecule has 0 spiro atoms. The van der Waals surface area contributed by atoms with E-state index in [1.807, 2.05) is 17.5 Å². The number of imide groups is 1. The van der Waals surface area contributed by atoms with Crippen molar-refractivity contribution < 1.29 is 14.4 Å². The molecule has 3 heterocycles. The number of pyridine rings is 1. The van der Waals surface area contributed by atoms with E-state index in [9.17, 15) is 14.4 Å². The van der Waals surface area contributed by atoms with Gasteiger partial charge in [-0.2, -0.15) is 0 Å². The Morgan fingerprint density at radius 1 is 0.968 bits per heavy atom. The Hall–Kier alpha value is -3.39. The van der Waals surface area contributed by atoms with E-state index in [0.29, 0.717) is 43.5 Å². The van der Waals surface area contributed by atoms with Crippen LogP contribution in [0.15, 0.2) is 54.2 Å². The number of nitrogens with zero attached hydrogens (tertiary/aromatic N) is 3.